The molecule has 3 rings (SSSR count). The Labute approximate surface area is 183 Å². The van der Waals surface area contributed by atoms with Crippen molar-refractivity contribution in [3.63, 3.8) is 0 Å². The van der Waals surface area contributed by atoms with Crippen molar-refractivity contribution in [1.29, 1.82) is 0 Å². The van der Waals surface area contributed by atoms with Crippen LogP contribution in [0.25, 0.3) is 0 Å². The van der Waals surface area contributed by atoms with Gasteiger partial charge in [0.25, 0.3) is 0 Å². The highest BCUT2D eigenvalue weighted by molar-refractivity contribution is 7.89. The standard InChI is InChI=1S/C23H29N3O4S/c1-15(2)22(23(28)24-16(3)18-8-6-5-7-9-18)25-31(29,30)20-10-11-21-19(14-20)12-13-26(21)17(4)27/h5-11,14-16,22,25H,12-13H2,1-4H3,(H,24,28). The van der Waals surface area contributed by atoms with Gasteiger partial charge >= 0.3 is 0 Å². The molecule has 2 amide bonds. The van der Waals surface area contributed by atoms with Crippen molar-refractivity contribution in [2.45, 2.75) is 51.1 Å². The predicted molar refractivity (Wildman–Crippen MR) is 120 cm³/mol. The SMILES string of the molecule is CC(=O)N1CCc2cc(S(=O)(=O)NC(C(=O)NC(C)c3ccccc3)C(C)C)ccc21. The van der Waals surface area contributed by atoms with E-state index < -0.39 is 16.1 Å². The molecule has 166 valence electrons. The highest BCUT2D eigenvalue weighted by Gasteiger charge is 2.31. The number of anilines is 1. The first kappa shape index (κ1) is 23.0. The monoisotopic (exact) mass is 443 g/mol. The van der Waals surface area contributed by atoms with E-state index in [2.05, 4.69) is 10.0 Å². The van der Waals surface area contributed by atoms with Gasteiger partial charge in [-0.3, -0.25) is 9.59 Å². The summed E-state index contributed by atoms with van der Waals surface area (Å²) in [4.78, 5) is 26.4. The number of amides is 2. The number of carbonyl (C=O) groups is 2. The number of benzene rings is 2. The number of sulfonamides is 1. The molecule has 0 saturated carbocycles. The molecule has 0 aliphatic carbocycles. The van der Waals surface area contributed by atoms with Gasteiger partial charge in [-0.05, 0) is 48.6 Å². The average molecular weight is 444 g/mol. The molecule has 2 aromatic rings. The molecule has 1 aliphatic rings. The topological polar surface area (TPSA) is 95.6 Å². The van der Waals surface area contributed by atoms with Gasteiger partial charge in [0, 0.05) is 19.2 Å². The van der Waals surface area contributed by atoms with Crippen LogP contribution < -0.4 is 14.9 Å². The Balaban J connectivity index is 1.78. The maximum absolute atomic E-state index is 13.1. The molecule has 0 saturated heterocycles. The van der Waals surface area contributed by atoms with E-state index >= 15 is 0 Å². The van der Waals surface area contributed by atoms with Crippen molar-refractivity contribution in [3.8, 4) is 0 Å². The van der Waals surface area contributed by atoms with E-state index in [1.54, 1.807) is 30.9 Å². The van der Waals surface area contributed by atoms with Gasteiger partial charge in [0.2, 0.25) is 21.8 Å². The van der Waals surface area contributed by atoms with Gasteiger partial charge in [0.15, 0.2) is 0 Å². The number of nitrogens with one attached hydrogen (secondary N) is 2. The third kappa shape index (κ3) is 5.14. The smallest absolute Gasteiger partial charge is 0.241 e. The number of hydrogen-bond acceptors (Lipinski definition) is 4. The zero-order valence-corrected chi connectivity index (χ0v) is 19.1. The number of hydrogen-bond donors (Lipinski definition) is 2. The first-order valence-electron chi connectivity index (χ1n) is 10.4. The minimum atomic E-state index is -3.92. The molecule has 0 radical (unpaired) electrons. The van der Waals surface area contributed by atoms with Crippen LogP contribution >= 0.6 is 0 Å². The molecular formula is C23H29N3O4S. The molecule has 0 fully saturated rings. The zero-order valence-electron chi connectivity index (χ0n) is 18.3. The summed E-state index contributed by atoms with van der Waals surface area (Å²) in [5.41, 5.74) is 2.48. The van der Waals surface area contributed by atoms with Crippen molar-refractivity contribution in [3.05, 3.63) is 59.7 Å². The second-order valence-electron chi connectivity index (χ2n) is 8.20. The molecule has 2 atom stereocenters. The molecule has 0 spiro atoms. The van der Waals surface area contributed by atoms with Crippen LogP contribution in [0.3, 0.4) is 0 Å². The van der Waals surface area contributed by atoms with Gasteiger partial charge in [0.05, 0.1) is 10.9 Å². The lowest BCUT2D eigenvalue weighted by molar-refractivity contribution is -0.124. The Kier molecular flexibility index (Phi) is 6.81. The maximum atomic E-state index is 13.1. The van der Waals surface area contributed by atoms with Gasteiger partial charge in [-0.15, -0.1) is 0 Å². The van der Waals surface area contributed by atoms with Crippen LogP contribution in [0.1, 0.15) is 44.9 Å². The van der Waals surface area contributed by atoms with Gasteiger partial charge in [-0.1, -0.05) is 44.2 Å². The van der Waals surface area contributed by atoms with E-state index in [0.717, 1.165) is 16.8 Å². The van der Waals surface area contributed by atoms with Crippen LogP contribution in [0, 0.1) is 5.92 Å². The minimum Gasteiger partial charge on any atom is -0.348 e. The molecule has 31 heavy (non-hydrogen) atoms. The Morgan fingerprint density at radius 3 is 2.32 bits per heavy atom. The summed E-state index contributed by atoms with van der Waals surface area (Å²) in [5.74, 6) is -0.698. The number of carbonyl (C=O) groups excluding carboxylic acids is 2. The summed E-state index contributed by atoms with van der Waals surface area (Å²) in [7, 11) is -3.92. The van der Waals surface area contributed by atoms with E-state index in [0.29, 0.717) is 13.0 Å². The molecule has 2 unspecified atom stereocenters. The van der Waals surface area contributed by atoms with E-state index in [1.807, 2.05) is 37.3 Å². The molecule has 2 aromatic carbocycles. The fourth-order valence-electron chi connectivity index (χ4n) is 3.73. The Bertz CT molecular complexity index is 1070. The average Bonchev–Trinajstić information content (AvgIpc) is 3.16. The number of fused-ring (bicyclic) bond motifs is 1. The highest BCUT2D eigenvalue weighted by Crippen LogP contribution is 2.30. The van der Waals surface area contributed by atoms with Crippen molar-refractivity contribution in [2.24, 2.45) is 5.92 Å². The minimum absolute atomic E-state index is 0.0726. The summed E-state index contributed by atoms with van der Waals surface area (Å²) < 4.78 is 28.7. The fraction of sp³-hybridized carbons (Fsp3) is 0.391. The molecular weight excluding hydrogens is 414 g/mol. The van der Waals surface area contributed by atoms with Crippen LogP contribution in [0.15, 0.2) is 53.4 Å². The Hall–Kier alpha value is -2.71. The van der Waals surface area contributed by atoms with E-state index in [4.69, 9.17) is 0 Å². The van der Waals surface area contributed by atoms with Crippen molar-refractivity contribution in [2.75, 3.05) is 11.4 Å². The molecule has 1 heterocycles. The lowest BCUT2D eigenvalue weighted by atomic mass is 10.0. The second-order valence-corrected chi connectivity index (χ2v) is 9.91. The first-order chi connectivity index (χ1) is 14.6. The lowest BCUT2D eigenvalue weighted by Crippen LogP contribution is -2.50. The van der Waals surface area contributed by atoms with Crippen molar-refractivity contribution < 1.29 is 18.0 Å². The molecule has 1 aliphatic heterocycles. The molecule has 8 heteroatoms. The lowest BCUT2D eigenvalue weighted by Gasteiger charge is -2.24. The third-order valence-corrected chi connectivity index (χ3v) is 6.97. The third-order valence-electron chi connectivity index (χ3n) is 5.53. The summed E-state index contributed by atoms with van der Waals surface area (Å²) >= 11 is 0. The maximum Gasteiger partial charge on any atom is 0.241 e. The Morgan fingerprint density at radius 1 is 1.03 bits per heavy atom. The summed E-state index contributed by atoms with van der Waals surface area (Å²) in [5, 5.41) is 2.90. The number of nitrogens with zero attached hydrogens (tertiary/aromatic N) is 1. The number of rotatable bonds is 7. The normalized spacial score (nSPS) is 15.5. The summed E-state index contributed by atoms with van der Waals surface area (Å²) in [6.45, 7) is 7.49. The van der Waals surface area contributed by atoms with Crippen LogP contribution in [-0.2, 0) is 26.0 Å². The quantitative estimate of drug-likeness (QED) is 0.688. The largest absolute Gasteiger partial charge is 0.348 e. The predicted octanol–water partition coefficient (Wildman–Crippen LogP) is 2.78. The second kappa shape index (κ2) is 9.20. The van der Waals surface area contributed by atoms with Gasteiger partial charge in [-0.25, -0.2) is 8.42 Å². The van der Waals surface area contributed by atoms with E-state index in [-0.39, 0.29) is 28.7 Å². The molecule has 0 aromatic heterocycles. The summed E-state index contributed by atoms with van der Waals surface area (Å²) in [6.07, 6.45) is 0.598. The summed E-state index contributed by atoms with van der Waals surface area (Å²) in [6, 6.07) is 13.0. The molecule has 7 nitrogen and oxygen atoms in total. The van der Waals surface area contributed by atoms with Gasteiger partial charge in [-0.2, -0.15) is 4.72 Å². The van der Waals surface area contributed by atoms with Crippen LogP contribution in [0.2, 0.25) is 0 Å². The zero-order chi connectivity index (χ0) is 22.8. The van der Waals surface area contributed by atoms with E-state index in [9.17, 15) is 18.0 Å². The fourth-order valence-corrected chi connectivity index (χ4v) is 5.12. The molecule has 0 bridgehead atoms. The van der Waals surface area contributed by atoms with Gasteiger partial charge in [0.1, 0.15) is 6.04 Å². The van der Waals surface area contributed by atoms with Gasteiger partial charge < -0.3 is 10.2 Å². The van der Waals surface area contributed by atoms with Crippen LogP contribution in [0.5, 0.6) is 0 Å². The highest BCUT2D eigenvalue weighted by atomic mass is 32.2. The molecule has 2 N–H and O–H groups in total. The van der Waals surface area contributed by atoms with Crippen LogP contribution in [-0.4, -0.2) is 32.8 Å². The van der Waals surface area contributed by atoms with Crippen molar-refractivity contribution >= 4 is 27.5 Å². The van der Waals surface area contributed by atoms with Crippen molar-refractivity contribution in [1.82, 2.24) is 10.0 Å². The van der Waals surface area contributed by atoms with Crippen LogP contribution in [0.4, 0.5) is 5.69 Å². The Morgan fingerprint density at radius 2 is 1.71 bits per heavy atom. The van der Waals surface area contributed by atoms with E-state index in [1.165, 1.54) is 13.0 Å². The first-order valence-corrected chi connectivity index (χ1v) is 11.9.